The van der Waals surface area contributed by atoms with Gasteiger partial charge in [0.05, 0.1) is 17.3 Å². The lowest BCUT2D eigenvalue weighted by Gasteiger charge is -1.99. The Hall–Kier alpha value is -1.43. The number of imidazole rings is 1. The van der Waals surface area contributed by atoms with E-state index in [9.17, 15) is 10.1 Å². The predicted octanol–water partition coefficient (Wildman–Crippen LogP) is 2.31. The maximum absolute atomic E-state index is 10.7. The van der Waals surface area contributed by atoms with Crippen LogP contribution in [-0.4, -0.2) is 14.3 Å². The smallest absolute Gasteiger partial charge is 0.287 e. The van der Waals surface area contributed by atoms with E-state index in [2.05, 4.69) is 20.9 Å². The molecule has 0 radical (unpaired) electrons. The molecule has 0 fully saturated rings. The van der Waals surface area contributed by atoms with Crippen LogP contribution in [0.1, 0.15) is 5.56 Å². The van der Waals surface area contributed by atoms with Gasteiger partial charge in [0.25, 0.3) is 5.69 Å². The summed E-state index contributed by atoms with van der Waals surface area (Å²) in [6.45, 7) is 1.70. The van der Waals surface area contributed by atoms with Gasteiger partial charge in [0.1, 0.15) is 10.3 Å². The molecule has 6 heteroatoms. The van der Waals surface area contributed by atoms with Crippen LogP contribution >= 0.6 is 15.9 Å². The van der Waals surface area contributed by atoms with Crippen LogP contribution in [0.5, 0.6) is 0 Å². The number of rotatable bonds is 1. The number of pyridine rings is 1. The molecule has 0 amide bonds. The Morgan fingerprint density at radius 1 is 1.64 bits per heavy atom. The highest BCUT2D eigenvalue weighted by Gasteiger charge is 2.13. The zero-order chi connectivity index (χ0) is 10.3. The Bertz CT molecular complexity index is 521. The summed E-state index contributed by atoms with van der Waals surface area (Å²) in [4.78, 5) is 14.3. The number of aryl methyl sites for hydroxylation is 1. The van der Waals surface area contributed by atoms with Crippen molar-refractivity contribution in [2.45, 2.75) is 6.92 Å². The normalized spacial score (nSPS) is 10.7. The zero-order valence-corrected chi connectivity index (χ0v) is 8.85. The molecule has 0 unspecified atom stereocenters. The fraction of sp³-hybridized carbons (Fsp3) is 0.125. The molecule has 0 aliphatic rings. The lowest BCUT2D eigenvalue weighted by atomic mass is 10.2. The Balaban J connectivity index is 2.80. The third-order valence-corrected chi connectivity index (χ3v) is 2.56. The summed E-state index contributed by atoms with van der Waals surface area (Å²) in [7, 11) is 0. The fourth-order valence-corrected chi connectivity index (χ4v) is 1.66. The lowest BCUT2D eigenvalue weighted by molar-refractivity contribution is -0.385. The van der Waals surface area contributed by atoms with Crippen molar-refractivity contribution in [3.8, 4) is 0 Å². The van der Waals surface area contributed by atoms with E-state index in [1.807, 2.05) is 0 Å². The van der Waals surface area contributed by atoms with Gasteiger partial charge in [-0.25, -0.2) is 4.98 Å². The van der Waals surface area contributed by atoms with Crippen molar-refractivity contribution in [2.24, 2.45) is 0 Å². The van der Waals surface area contributed by atoms with Gasteiger partial charge in [0.15, 0.2) is 0 Å². The van der Waals surface area contributed by atoms with Crippen LogP contribution in [0.3, 0.4) is 0 Å². The summed E-state index contributed by atoms with van der Waals surface area (Å²) in [5.41, 5.74) is 1.40. The molecule has 0 bridgehead atoms. The predicted molar refractivity (Wildman–Crippen MR) is 54.3 cm³/mol. The van der Waals surface area contributed by atoms with Crippen molar-refractivity contribution in [1.29, 1.82) is 0 Å². The Morgan fingerprint density at radius 3 is 3.00 bits per heavy atom. The van der Waals surface area contributed by atoms with Crippen LogP contribution in [-0.2, 0) is 0 Å². The van der Waals surface area contributed by atoms with E-state index in [-0.39, 0.29) is 5.69 Å². The molecule has 0 aromatic carbocycles. The standard InChI is InChI=1S/C8H6BrN3O2/c1-5-2-8-10-3-7(9)11(8)4-6(5)12(13)14/h2-4H,1H3. The minimum absolute atomic E-state index is 0.0937. The van der Waals surface area contributed by atoms with Gasteiger partial charge < -0.3 is 0 Å². The van der Waals surface area contributed by atoms with Crippen molar-refractivity contribution >= 4 is 27.3 Å². The molecular formula is C8H6BrN3O2. The van der Waals surface area contributed by atoms with Crippen molar-refractivity contribution < 1.29 is 4.92 Å². The number of hydrogen-bond acceptors (Lipinski definition) is 3. The molecule has 2 aromatic rings. The quantitative estimate of drug-likeness (QED) is 0.581. The molecule has 2 aromatic heterocycles. The van der Waals surface area contributed by atoms with Gasteiger partial charge in [-0.2, -0.15) is 0 Å². The molecule has 0 spiro atoms. The molecule has 0 saturated carbocycles. The van der Waals surface area contributed by atoms with Gasteiger partial charge in [-0.3, -0.25) is 14.5 Å². The molecule has 0 saturated heterocycles. The first-order valence-electron chi connectivity index (χ1n) is 3.87. The van der Waals surface area contributed by atoms with Gasteiger partial charge >= 0.3 is 0 Å². The molecule has 5 nitrogen and oxygen atoms in total. The summed E-state index contributed by atoms with van der Waals surface area (Å²) in [6, 6.07) is 1.68. The lowest BCUT2D eigenvalue weighted by Crippen LogP contribution is -1.95. The van der Waals surface area contributed by atoms with Gasteiger partial charge in [-0.1, -0.05) is 0 Å². The third kappa shape index (κ3) is 1.27. The van der Waals surface area contributed by atoms with Crippen LogP contribution in [0.2, 0.25) is 0 Å². The zero-order valence-electron chi connectivity index (χ0n) is 7.27. The van der Waals surface area contributed by atoms with Crippen LogP contribution < -0.4 is 0 Å². The average Bonchev–Trinajstić information content (AvgIpc) is 2.46. The minimum atomic E-state index is -0.402. The van der Waals surface area contributed by atoms with Crippen LogP contribution in [0.4, 0.5) is 5.69 Å². The number of aromatic nitrogens is 2. The van der Waals surface area contributed by atoms with E-state index in [1.54, 1.807) is 23.6 Å². The van der Waals surface area contributed by atoms with Gasteiger partial charge in [0.2, 0.25) is 0 Å². The summed E-state index contributed by atoms with van der Waals surface area (Å²) < 4.78 is 2.33. The van der Waals surface area contributed by atoms with E-state index >= 15 is 0 Å². The van der Waals surface area contributed by atoms with Crippen LogP contribution in [0.25, 0.3) is 5.65 Å². The van der Waals surface area contributed by atoms with Gasteiger partial charge in [0, 0.05) is 5.56 Å². The first kappa shape index (κ1) is 9.14. The SMILES string of the molecule is Cc1cc2ncc(Br)n2cc1[N+](=O)[O-]. The second kappa shape index (κ2) is 3.06. The number of nitrogens with zero attached hydrogens (tertiary/aromatic N) is 3. The largest absolute Gasteiger partial charge is 0.288 e. The summed E-state index contributed by atoms with van der Waals surface area (Å²) in [6.07, 6.45) is 3.07. The van der Waals surface area contributed by atoms with E-state index < -0.39 is 4.92 Å². The van der Waals surface area contributed by atoms with E-state index in [1.165, 1.54) is 6.20 Å². The molecule has 72 valence electrons. The topological polar surface area (TPSA) is 60.4 Å². The highest BCUT2D eigenvalue weighted by Crippen LogP contribution is 2.22. The van der Waals surface area contributed by atoms with Crippen molar-refractivity contribution in [2.75, 3.05) is 0 Å². The highest BCUT2D eigenvalue weighted by molar-refractivity contribution is 9.10. The third-order valence-electron chi connectivity index (χ3n) is 1.98. The maximum atomic E-state index is 10.7. The number of hydrogen-bond donors (Lipinski definition) is 0. The average molecular weight is 256 g/mol. The Labute approximate surface area is 87.7 Å². The second-order valence-corrected chi connectivity index (χ2v) is 3.72. The number of nitro groups is 1. The van der Waals surface area contributed by atoms with Crippen LogP contribution in [0, 0.1) is 17.0 Å². The minimum Gasteiger partial charge on any atom is -0.287 e. The molecule has 0 N–H and O–H groups in total. The molecule has 0 aliphatic heterocycles. The van der Waals surface area contributed by atoms with Gasteiger partial charge in [-0.05, 0) is 28.9 Å². The monoisotopic (exact) mass is 255 g/mol. The first-order chi connectivity index (χ1) is 6.59. The molecular weight excluding hydrogens is 250 g/mol. The Morgan fingerprint density at radius 2 is 2.36 bits per heavy atom. The summed E-state index contributed by atoms with van der Waals surface area (Å²) in [5.74, 6) is 0. The van der Waals surface area contributed by atoms with Gasteiger partial charge in [-0.15, -0.1) is 0 Å². The van der Waals surface area contributed by atoms with E-state index in [0.29, 0.717) is 15.8 Å². The number of halogens is 1. The van der Waals surface area contributed by atoms with Crippen molar-refractivity contribution in [3.63, 3.8) is 0 Å². The second-order valence-electron chi connectivity index (χ2n) is 2.91. The Kier molecular flexibility index (Phi) is 1.99. The van der Waals surface area contributed by atoms with E-state index in [4.69, 9.17) is 0 Å². The molecule has 2 rings (SSSR count). The number of fused-ring (bicyclic) bond motifs is 1. The summed E-state index contributed by atoms with van der Waals surface area (Å²) >= 11 is 3.25. The highest BCUT2D eigenvalue weighted by atomic mass is 79.9. The molecule has 0 aliphatic carbocycles. The van der Waals surface area contributed by atoms with Crippen LogP contribution in [0.15, 0.2) is 23.1 Å². The summed E-state index contributed by atoms with van der Waals surface area (Å²) in [5, 5.41) is 10.7. The van der Waals surface area contributed by atoms with Crippen molar-refractivity contribution in [1.82, 2.24) is 9.38 Å². The van der Waals surface area contributed by atoms with Crippen molar-refractivity contribution in [3.05, 3.63) is 38.7 Å². The molecule has 14 heavy (non-hydrogen) atoms. The fourth-order valence-electron chi connectivity index (χ4n) is 1.27. The molecule has 2 heterocycles. The maximum Gasteiger partial charge on any atom is 0.288 e. The molecule has 0 atom stereocenters. The van der Waals surface area contributed by atoms with E-state index in [0.717, 1.165) is 0 Å². The first-order valence-corrected chi connectivity index (χ1v) is 4.66.